The largest absolute Gasteiger partial charge is 0.491 e. The molecule has 3 rings (SSSR count). The van der Waals surface area contributed by atoms with Crippen LogP contribution in [0, 0.1) is 6.92 Å². The average Bonchev–Trinajstić information content (AvgIpc) is 2.98. The Hall–Kier alpha value is -1.02. The Labute approximate surface area is 110 Å². The Bertz CT molecular complexity index is 469. The summed E-state index contributed by atoms with van der Waals surface area (Å²) in [5.41, 5.74) is 4.25. The zero-order valence-corrected chi connectivity index (χ0v) is 11.8. The molecule has 1 aromatic rings. The van der Waals surface area contributed by atoms with Gasteiger partial charge >= 0.3 is 0 Å². The third-order valence-electron chi connectivity index (χ3n) is 3.95. The van der Waals surface area contributed by atoms with E-state index >= 15 is 0 Å². The molecule has 1 atom stereocenters. The first-order valence-corrected chi connectivity index (χ1v) is 6.99. The monoisotopic (exact) mass is 245 g/mol. The topological polar surface area (TPSA) is 21.3 Å². The van der Waals surface area contributed by atoms with Crippen molar-refractivity contribution in [3.8, 4) is 5.75 Å². The maximum absolute atomic E-state index is 5.88. The van der Waals surface area contributed by atoms with Crippen molar-refractivity contribution in [1.29, 1.82) is 0 Å². The van der Waals surface area contributed by atoms with Crippen LogP contribution >= 0.6 is 0 Å². The van der Waals surface area contributed by atoms with Gasteiger partial charge in [-0.2, -0.15) is 0 Å². The average molecular weight is 245 g/mol. The van der Waals surface area contributed by atoms with E-state index in [1.807, 2.05) is 0 Å². The Morgan fingerprint density at radius 1 is 1.22 bits per heavy atom. The fourth-order valence-corrected chi connectivity index (χ4v) is 2.62. The van der Waals surface area contributed by atoms with Gasteiger partial charge in [-0.3, -0.25) is 0 Å². The van der Waals surface area contributed by atoms with E-state index in [1.165, 1.54) is 29.5 Å². The van der Waals surface area contributed by atoms with Gasteiger partial charge in [0.25, 0.3) is 0 Å². The van der Waals surface area contributed by atoms with E-state index in [1.54, 1.807) is 0 Å². The molecule has 0 radical (unpaired) electrons. The molecule has 2 aliphatic rings. The molecule has 0 spiro atoms. The molecule has 1 aromatic carbocycles. The van der Waals surface area contributed by atoms with Gasteiger partial charge in [-0.1, -0.05) is 26.8 Å². The minimum absolute atomic E-state index is 0.201. The van der Waals surface area contributed by atoms with Crippen molar-refractivity contribution in [2.24, 2.45) is 0 Å². The highest BCUT2D eigenvalue weighted by Gasteiger charge is 2.32. The van der Waals surface area contributed by atoms with Gasteiger partial charge in [-0.05, 0) is 42.4 Å². The number of aryl methyl sites for hydroxylation is 1. The number of fused-ring (bicyclic) bond motifs is 1. The van der Waals surface area contributed by atoms with Crippen molar-refractivity contribution in [3.05, 3.63) is 28.8 Å². The maximum Gasteiger partial charge on any atom is 0.127 e. The molecule has 1 N–H and O–H groups in total. The summed E-state index contributed by atoms with van der Waals surface area (Å²) in [4.78, 5) is 0. The van der Waals surface area contributed by atoms with Crippen LogP contribution in [0.5, 0.6) is 5.75 Å². The lowest BCUT2D eigenvalue weighted by Crippen LogP contribution is -2.24. The van der Waals surface area contributed by atoms with Crippen LogP contribution in [0.2, 0.25) is 0 Å². The van der Waals surface area contributed by atoms with Crippen molar-refractivity contribution in [3.63, 3.8) is 0 Å². The molecule has 1 aliphatic carbocycles. The summed E-state index contributed by atoms with van der Waals surface area (Å²) < 4.78 is 5.88. The van der Waals surface area contributed by atoms with E-state index in [0.29, 0.717) is 6.04 Å². The Morgan fingerprint density at radius 3 is 2.56 bits per heavy atom. The highest BCUT2D eigenvalue weighted by atomic mass is 16.5. The van der Waals surface area contributed by atoms with E-state index in [0.717, 1.165) is 18.4 Å². The van der Waals surface area contributed by atoms with Crippen LogP contribution in [0.4, 0.5) is 0 Å². The summed E-state index contributed by atoms with van der Waals surface area (Å²) >= 11 is 0. The lowest BCUT2D eigenvalue weighted by molar-refractivity contribution is 0.309. The second-order valence-corrected chi connectivity index (χ2v) is 6.77. The van der Waals surface area contributed by atoms with Gasteiger partial charge in [-0.15, -0.1) is 0 Å². The van der Waals surface area contributed by atoms with Crippen LogP contribution in [0.1, 0.15) is 56.3 Å². The first-order chi connectivity index (χ1) is 8.45. The fourth-order valence-electron chi connectivity index (χ4n) is 2.62. The first-order valence-electron chi connectivity index (χ1n) is 6.99. The van der Waals surface area contributed by atoms with Crippen molar-refractivity contribution in [2.75, 3.05) is 6.61 Å². The summed E-state index contributed by atoms with van der Waals surface area (Å²) in [7, 11) is 0. The maximum atomic E-state index is 5.88. The van der Waals surface area contributed by atoms with Gasteiger partial charge < -0.3 is 10.1 Å². The zero-order valence-electron chi connectivity index (χ0n) is 11.8. The molecular weight excluding hydrogens is 222 g/mol. The number of rotatable bonds is 2. The molecule has 18 heavy (non-hydrogen) atoms. The Balaban J connectivity index is 1.97. The number of nitrogens with one attached hydrogen (secondary N) is 1. The van der Waals surface area contributed by atoms with Crippen LogP contribution in [-0.4, -0.2) is 12.6 Å². The highest BCUT2D eigenvalue weighted by molar-refractivity contribution is 5.49. The van der Waals surface area contributed by atoms with Crippen molar-refractivity contribution in [2.45, 2.75) is 58.0 Å². The van der Waals surface area contributed by atoms with Gasteiger partial charge in [-0.25, -0.2) is 0 Å². The lowest BCUT2D eigenvalue weighted by atomic mass is 9.84. The van der Waals surface area contributed by atoms with Crippen LogP contribution in [0.25, 0.3) is 0 Å². The van der Waals surface area contributed by atoms with E-state index in [2.05, 4.69) is 45.1 Å². The van der Waals surface area contributed by atoms with Crippen molar-refractivity contribution in [1.82, 2.24) is 5.32 Å². The molecule has 0 saturated heterocycles. The molecule has 2 heteroatoms. The van der Waals surface area contributed by atoms with Gasteiger partial charge in [0, 0.05) is 11.6 Å². The fraction of sp³-hybridized carbons (Fsp3) is 0.625. The smallest absolute Gasteiger partial charge is 0.127 e. The Kier molecular flexibility index (Phi) is 2.67. The second kappa shape index (κ2) is 3.99. The van der Waals surface area contributed by atoms with Crippen LogP contribution < -0.4 is 10.1 Å². The summed E-state index contributed by atoms with van der Waals surface area (Å²) in [5.74, 6) is 1.11. The van der Waals surface area contributed by atoms with E-state index in [-0.39, 0.29) is 5.41 Å². The van der Waals surface area contributed by atoms with Gasteiger partial charge in [0.2, 0.25) is 0 Å². The second-order valence-electron chi connectivity index (χ2n) is 6.77. The predicted molar refractivity (Wildman–Crippen MR) is 74.3 cm³/mol. The number of hydrogen-bond donors (Lipinski definition) is 1. The first kappa shape index (κ1) is 12.0. The molecular formula is C16H23NO. The van der Waals surface area contributed by atoms with Gasteiger partial charge in [0.1, 0.15) is 12.4 Å². The zero-order chi connectivity index (χ0) is 12.9. The van der Waals surface area contributed by atoms with E-state index in [9.17, 15) is 0 Å². The minimum Gasteiger partial charge on any atom is -0.491 e. The summed E-state index contributed by atoms with van der Waals surface area (Å²) in [6.07, 6.45) is 2.65. The number of benzene rings is 1. The molecule has 1 heterocycles. The molecule has 0 bridgehead atoms. The normalized spacial score (nSPS) is 22.8. The molecule has 0 amide bonds. The standard InChI is InChI=1S/C16H23NO/c1-10-7-11(16(2,3)4)8-13-14(9-18-15(10)13)17-12-5-6-12/h7-8,12,14,17H,5-6,9H2,1-4H3. The van der Waals surface area contributed by atoms with Gasteiger partial charge in [0.05, 0.1) is 6.04 Å². The highest BCUT2D eigenvalue weighted by Crippen LogP contribution is 2.40. The van der Waals surface area contributed by atoms with E-state index < -0.39 is 0 Å². The van der Waals surface area contributed by atoms with Crippen molar-refractivity contribution < 1.29 is 4.74 Å². The third kappa shape index (κ3) is 2.14. The summed E-state index contributed by atoms with van der Waals surface area (Å²) in [6, 6.07) is 5.74. The van der Waals surface area contributed by atoms with Crippen molar-refractivity contribution >= 4 is 0 Å². The predicted octanol–water partition coefficient (Wildman–Crippen LogP) is 3.48. The molecule has 98 valence electrons. The van der Waals surface area contributed by atoms with Crippen LogP contribution in [-0.2, 0) is 5.41 Å². The quantitative estimate of drug-likeness (QED) is 0.861. The molecule has 0 aromatic heterocycles. The Morgan fingerprint density at radius 2 is 1.94 bits per heavy atom. The van der Waals surface area contributed by atoms with Crippen LogP contribution in [0.3, 0.4) is 0 Å². The van der Waals surface area contributed by atoms with Crippen LogP contribution in [0.15, 0.2) is 12.1 Å². The molecule has 1 saturated carbocycles. The van der Waals surface area contributed by atoms with Gasteiger partial charge in [0.15, 0.2) is 0 Å². The minimum atomic E-state index is 0.201. The number of ether oxygens (including phenoxy) is 1. The molecule has 1 unspecified atom stereocenters. The summed E-state index contributed by atoms with van der Waals surface area (Å²) in [6.45, 7) is 9.77. The SMILES string of the molecule is Cc1cc(C(C)(C)C)cc2c1OCC2NC1CC1. The lowest BCUT2D eigenvalue weighted by Gasteiger charge is -2.22. The summed E-state index contributed by atoms with van der Waals surface area (Å²) in [5, 5.41) is 3.69. The molecule has 2 nitrogen and oxygen atoms in total. The molecule has 1 fully saturated rings. The van der Waals surface area contributed by atoms with E-state index in [4.69, 9.17) is 4.74 Å². The molecule has 1 aliphatic heterocycles. The third-order valence-corrected chi connectivity index (χ3v) is 3.95. The number of hydrogen-bond acceptors (Lipinski definition) is 2.